The van der Waals surface area contributed by atoms with E-state index in [9.17, 15) is 19.5 Å². The molecule has 1 unspecified atom stereocenters. The molecule has 2 fully saturated rings. The minimum absolute atomic E-state index is 0.104. The molecule has 0 radical (unpaired) electrons. The number of hydrogen-bond donors (Lipinski definition) is 1. The quantitative estimate of drug-likeness (QED) is 0.453. The number of aliphatic hydroxyl groups is 1. The van der Waals surface area contributed by atoms with E-state index in [1.54, 1.807) is 26.5 Å². The van der Waals surface area contributed by atoms with Crippen LogP contribution < -0.4 is 9.80 Å². The van der Waals surface area contributed by atoms with Gasteiger partial charge in [-0.3, -0.25) is 14.4 Å². The van der Waals surface area contributed by atoms with Crippen molar-refractivity contribution in [3.8, 4) is 0 Å². The molecule has 4 aliphatic rings. The van der Waals surface area contributed by atoms with E-state index in [1.165, 1.54) is 0 Å². The van der Waals surface area contributed by atoms with Crippen molar-refractivity contribution in [2.45, 2.75) is 35.4 Å². The fourth-order valence-electron chi connectivity index (χ4n) is 7.30. The van der Waals surface area contributed by atoms with Gasteiger partial charge in [0.2, 0.25) is 11.8 Å². The first-order valence-electron chi connectivity index (χ1n) is 14.6. The number of para-hydroxylation sites is 1. The summed E-state index contributed by atoms with van der Waals surface area (Å²) >= 11 is 1.56. The lowest BCUT2D eigenvalue weighted by atomic mass is 9.78. The molecule has 0 saturated carbocycles. The van der Waals surface area contributed by atoms with Gasteiger partial charge in [-0.15, -0.1) is 11.8 Å². The number of aliphatic hydroxyl groups excluding tert-OH is 1. The van der Waals surface area contributed by atoms with Crippen LogP contribution in [0.3, 0.4) is 0 Å². The monoisotopic (exact) mass is 579 g/mol. The van der Waals surface area contributed by atoms with E-state index in [4.69, 9.17) is 0 Å². The van der Waals surface area contributed by atoms with Crippen LogP contribution in [0.4, 0.5) is 11.4 Å². The maximum absolute atomic E-state index is 14.7. The van der Waals surface area contributed by atoms with E-state index in [0.717, 1.165) is 22.1 Å². The van der Waals surface area contributed by atoms with Crippen molar-refractivity contribution < 1.29 is 19.5 Å². The highest BCUT2D eigenvalue weighted by Gasteiger charge is 2.71. The molecule has 0 aromatic heterocycles. The van der Waals surface area contributed by atoms with Crippen LogP contribution in [0, 0.1) is 11.8 Å². The highest BCUT2D eigenvalue weighted by molar-refractivity contribution is 8.02. The van der Waals surface area contributed by atoms with Crippen LogP contribution in [0.2, 0.25) is 0 Å². The average molecular weight is 580 g/mol. The second-order valence-corrected chi connectivity index (χ2v) is 12.9. The first kappa shape index (κ1) is 27.0. The van der Waals surface area contributed by atoms with Gasteiger partial charge in [0.1, 0.15) is 6.04 Å². The molecule has 3 aromatic rings. The molecule has 7 nitrogen and oxygen atoms in total. The topological polar surface area (TPSA) is 81.2 Å². The number of likely N-dealkylation sites (tertiary alicyclic amines) is 1. The predicted octanol–water partition coefficient (Wildman–Crippen LogP) is 4.41. The minimum atomic E-state index is -0.933. The van der Waals surface area contributed by atoms with Crippen LogP contribution >= 0.6 is 11.8 Å². The highest BCUT2D eigenvalue weighted by atomic mass is 32.2. The van der Waals surface area contributed by atoms with Gasteiger partial charge in [-0.05, 0) is 41.5 Å². The summed E-state index contributed by atoms with van der Waals surface area (Å²) in [7, 11) is 0. The molecule has 8 heteroatoms. The molecular weight excluding hydrogens is 546 g/mol. The first-order chi connectivity index (χ1) is 20.5. The van der Waals surface area contributed by atoms with Crippen molar-refractivity contribution in [2.24, 2.45) is 11.8 Å². The standard InChI is InChI=1S/C34H33N3O4S/c1-2-24(21-38)37-30-33(41)36(26-16-15-22-10-6-7-11-23(22)20-26)19-9-17-34(30)29(32(37)40)28-27(42-34)14-8-18-35(31(28)39)25-12-4-3-5-13-25/h3-17,20,24,27-30,38H,2,18-19,21H2,1H3/t24-,27-,28+,29-,30?,34-/m0/s1. The molecule has 3 aromatic carbocycles. The molecule has 214 valence electrons. The molecule has 1 spiro atoms. The summed E-state index contributed by atoms with van der Waals surface area (Å²) in [5.74, 6) is -1.87. The van der Waals surface area contributed by atoms with Crippen LogP contribution in [-0.2, 0) is 14.4 Å². The summed E-state index contributed by atoms with van der Waals surface area (Å²) in [5, 5.41) is 12.3. The van der Waals surface area contributed by atoms with E-state index >= 15 is 0 Å². The second-order valence-electron chi connectivity index (χ2n) is 11.4. The number of hydrogen-bond acceptors (Lipinski definition) is 5. The van der Waals surface area contributed by atoms with Gasteiger partial charge in [0.05, 0.1) is 29.2 Å². The Morgan fingerprint density at radius 2 is 1.57 bits per heavy atom. The molecule has 6 atom stereocenters. The van der Waals surface area contributed by atoms with Crippen molar-refractivity contribution in [1.82, 2.24) is 4.90 Å². The lowest BCUT2D eigenvalue weighted by molar-refractivity contribution is -0.141. The summed E-state index contributed by atoms with van der Waals surface area (Å²) in [6.45, 7) is 2.45. The van der Waals surface area contributed by atoms with Crippen LogP contribution in [-0.4, -0.2) is 69.5 Å². The highest BCUT2D eigenvalue weighted by Crippen LogP contribution is 2.61. The summed E-state index contributed by atoms with van der Waals surface area (Å²) in [6.07, 6.45) is 8.56. The van der Waals surface area contributed by atoms with Crippen LogP contribution in [0.25, 0.3) is 10.8 Å². The maximum atomic E-state index is 14.7. The molecule has 4 aliphatic heterocycles. The van der Waals surface area contributed by atoms with Gasteiger partial charge in [-0.2, -0.15) is 0 Å². The lowest BCUT2D eigenvalue weighted by Gasteiger charge is -2.38. The fraction of sp³-hybridized carbons (Fsp3) is 0.324. The van der Waals surface area contributed by atoms with Gasteiger partial charge in [-0.25, -0.2) is 0 Å². The van der Waals surface area contributed by atoms with Gasteiger partial charge in [-0.1, -0.05) is 79.8 Å². The summed E-state index contributed by atoms with van der Waals surface area (Å²) in [4.78, 5) is 48.7. The lowest BCUT2D eigenvalue weighted by Crippen LogP contribution is -2.56. The Bertz CT molecular complexity index is 1620. The third-order valence-electron chi connectivity index (χ3n) is 9.28. The van der Waals surface area contributed by atoms with Crippen molar-refractivity contribution in [3.05, 3.63) is 97.1 Å². The smallest absolute Gasteiger partial charge is 0.251 e. The summed E-state index contributed by atoms with van der Waals surface area (Å²) in [5.41, 5.74) is 1.55. The number of rotatable bonds is 5. The average Bonchev–Trinajstić information content (AvgIpc) is 3.33. The van der Waals surface area contributed by atoms with Crippen molar-refractivity contribution in [3.63, 3.8) is 0 Å². The van der Waals surface area contributed by atoms with Crippen LogP contribution in [0.15, 0.2) is 97.1 Å². The normalized spacial score (nSPS) is 29.4. The molecule has 0 bridgehead atoms. The molecule has 42 heavy (non-hydrogen) atoms. The Labute approximate surface area is 249 Å². The first-order valence-corrected chi connectivity index (χ1v) is 15.5. The van der Waals surface area contributed by atoms with Gasteiger partial charge >= 0.3 is 0 Å². The number of benzene rings is 3. The van der Waals surface area contributed by atoms with Crippen LogP contribution in [0.1, 0.15) is 13.3 Å². The van der Waals surface area contributed by atoms with E-state index in [1.807, 2.05) is 104 Å². The van der Waals surface area contributed by atoms with E-state index in [0.29, 0.717) is 19.5 Å². The van der Waals surface area contributed by atoms with Crippen LogP contribution in [0.5, 0.6) is 0 Å². The predicted molar refractivity (Wildman–Crippen MR) is 166 cm³/mol. The SMILES string of the molecule is CC[C@@H](CO)N1C(=O)[C@@H]2[C@@H]3C(=O)N(c4ccccc4)CC=C[C@@H]3S[C@@]23C=CCN(c2ccc4ccccc4c2)C(=O)C13. The third-order valence-corrected chi connectivity index (χ3v) is 11.0. The largest absolute Gasteiger partial charge is 0.394 e. The molecule has 7 rings (SSSR count). The summed E-state index contributed by atoms with van der Waals surface area (Å²) in [6, 6.07) is 22.1. The Morgan fingerprint density at radius 1 is 0.857 bits per heavy atom. The zero-order valence-corrected chi connectivity index (χ0v) is 24.2. The Kier molecular flexibility index (Phi) is 6.71. The molecule has 3 amide bonds. The van der Waals surface area contributed by atoms with E-state index < -0.39 is 28.7 Å². The molecule has 1 N–H and O–H groups in total. The molecular formula is C34H33N3O4S. The summed E-state index contributed by atoms with van der Waals surface area (Å²) < 4.78 is -0.933. The van der Waals surface area contributed by atoms with Crippen molar-refractivity contribution in [1.29, 1.82) is 0 Å². The number of carbonyl (C=O) groups is 3. The Hall–Kier alpha value is -3.88. The number of fused-ring (bicyclic) bond motifs is 3. The van der Waals surface area contributed by atoms with E-state index in [2.05, 4.69) is 0 Å². The van der Waals surface area contributed by atoms with Gasteiger partial charge in [0.15, 0.2) is 0 Å². The van der Waals surface area contributed by atoms with Crippen molar-refractivity contribution >= 4 is 51.6 Å². The van der Waals surface area contributed by atoms with Gasteiger partial charge in [0, 0.05) is 29.7 Å². The van der Waals surface area contributed by atoms with E-state index in [-0.39, 0.29) is 29.6 Å². The molecule has 0 aliphatic carbocycles. The third kappa shape index (κ3) is 3.96. The number of amides is 3. The Morgan fingerprint density at radius 3 is 2.33 bits per heavy atom. The van der Waals surface area contributed by atoms with Crippen molar-refractivity contribution in [2.75, 3.05) is 29.5 Å². The molecule has 2 saturated heterocycles. The maximum Gasteiger partial charge on any atom is 0.251 e. The van der Waals surface area contributed by atoms with Gasteiger partial charge < -0.3 is 19.8 Å². The van der Waals surface area contributed by atoms with Gasteiger partial charge in [0.25, 0.3) is 5.91 Å². The molecule has 4 heterocycles. The zero-order chi connectivity index (χ0) is 29.0. The zero-order valence-electron chi connectivity index (χ0n) is 23.4. The number of carbonyl (C=O) groups excluding carboxylic acids is 3. The Balaban J connectivity index is 1.34. The second kappa shape index (κ2) is 10.4. The minimum Gasteiger partial charge on any atom is -0.394 e. The number of thioether (sulfide) groups is 1. The number of anilines is 2. The number of nitrogens with zero attached hydrogens (tertiary/aromatic N) is 3. The fourth-order valence-corrected chi connectivity index (χ4v) is 9.29.